The van der Waals surface area contributed by atoms with E-state index in [4.69, 9.17) is 0 Å². The quantitative estimate of drug-likeness (QED) is 0.704. The van der Waals surface area contributed by atoms with Crippen molar-refractivity contribution in [1.82, 2.24) is 15.3 Å². The third-order valence-electron chi connectivity index (χ3n) is 2.65. The molecule has 0 radical (unpaired) electrons. The molecule has 15 heavy (non-hydrogen) atoms. The summed E-state index contributed by atoms with van der Waals surface area (Å²) in [5, 5.41) is 3.03. The fraction of sp³-hybridized carbons (Fsp3) is 0.500. The Balaban J connectivity index is 2.35. The molecule has 1 fully saturated rings. The largest absolute Gasteiger partial charge is 0.307 e. The van der Waals surface area contributed by atoms with E-state index < -0.39 is 0 Å². The second-order valence-corrected chi connectivity index (χ2v) is 3.63. The van der Waals surface area contributed by atoms with Crippen LogP contribution in [0.15, 0.2) is 6.33 Å². The van der Waals surface area contributed by atoms with E-state index in [9.17, 15) is 4.79 Å². The molecule has 0 bridgehead atoms. The zero-order chi connectivity index (χ0) is 10.8. The lowest BCUT2D eigenvalue weighted by molar-refractivity contribution is -0.118. The maximum absolute atomic E-state index is 11.7. The molecule has 0 atom stereocenters. The Morgan fingerprint density at radius 2 is 2.20 bits per heavy atom. The van der Waals surface area contributed by atoms with Gasteiger partial charge in [-0.05, 0) is 13.8 Å². The normalized spacial score (nSPS) is 16.9. The number of anilines is 1. The third kappa shape index (κ3) is 1.83. The van der Waals surface area contributed by atoms with Gasteiger partial charge in [-0.25, -0.2) is 9.97 Å². The third-order valence-corrected chi connectivity index (χ3v) is 2.65. The number of nitrogens with one attached hydrogen (secondary N) is 1. The van der Waals surface area contributed by atoms with Crippen LogP contribution in [0.4, 0.5) is 5.82 Å². The Hall–Kier alpha value is -1.49. The number of nitrogens with zero attached hydrogens (tertiary/aromatic N) is 3. The van der Waals surface area contributed by atoms with Gasteiger partial charge in [-0.1, -0.05) is 0 Å². The van der Waals surface area contributed by atoms with E-state index in [2.05, 4.69) is 15.3 Å². The molecule has 5 nitrogen and oxygen atoms in total. The van der Waals surface area contributed by atoms with Crippen molar-refractivity contribution >= 4 is 11.7 Å². The molecule has 1 saturated heterocycles. The summed E-state index contributed by atoms with van der Waals surface area (Å²) in [7, 11) is 0. The lowest BCUT2D eigenvalue weighted by atomic mass is 10.2. The van der Waals surface area contributed by atoms with E-state index in [1.54, 1.807) is 4.90 Å². The van der Waals surface area contributed by atoms with E-state index in [-0.39, 0.29) is 5.91 Å². The van der Waals surface area contributed by atoms with Gasteiger partial charge in [0.15, 0.2) is 0 Å². The summed E-state index contributed by atoms with van der Waals surface area (Å²) in [4.78, 5) is 21.7. The van der Waals surface area contributed by atoms with Crippen molar-refractivity contribution in [3.63, 3.8) is 0 Å². The average Bonchev–Trinajstić information content (AvgIpc) is 2.23. The molecule has 0 aromatic carbocycles. The predicted octanol–water partition coefficient (Wildman–Crippen LogP) is 0.0296. The molecule has 80 valence electrons. The second kappa shape index (κ2) is 3.94. The number of hydrogen-bond acceptors (Lipinski definition) is 4. The van der Waals surface area contributed by atoms with E-state index >= 15 is 0 Å². The van der Waals surface area contributed by atoms with Crippen LogP contribution in [-0.2, 0) is 4.79 Å². The molecule has 0 saturated carbocycles. The monoisotopic (exact) mass is 206 g/mol. The highest BCUT2D eigenvalue weighted by Crippen LogP contribution is 2.18. The van der Waals surface area contributed by atoms with E-state index in [0.717, 1.165) is 23.6 Å². The molecule has 0 aliphatic carbocycles. The number of hydrogen-bond donors (Lipinski definition) is 1. The van der Waals surface area contributed by atoms with Gasteiger partial charge in [0.25, 0.3) is 0 Å². The predicted molar refractivity (Wildman–Crippen MR) is 56.7 cm³/mol. The number of amides is 1. The molecule has 1 amide bonds. The Labute approximate surface area is 88.5 Å². The van der Waals surface area contributed by atoms with Crippen LogP contribution in [0.3, 0.4) is 0 Å². The Morgan fingerprint density at radius 3 is 2.93 bits per heavy atom. The summed E-state index contributed by atoms with van der Waals surface area (Å²) in [6, 6.07) is 0. The SMILES string of the molecule is Cc1ncnc(N2CCNCC2=O)c1C. The van der Waals surface area contributed by atoms with Crippen molar-refractivity contribution in [2.45, 2.75) is 13.8 Å². The van der Waals surface area contributed by atoms with Crippen LogP contribution in [-0.4, -0.2) is 35.5 Å². The minimum atomic E-state index is 0.0717. The minimum absolute atomic E-state index is 0.0717. The van der Waals surface area contributed by atoms with Crippen LogP contribution in [0.5, 0.6) is 0 Å². The van der Waals surface area contributed by atoms with Gasteiger partial charge in [-0.15, -0.1) is 0 Å². The minimum Gasteiger partial charge on any atom is -0.307 e. The summed E-state index contributed by atoms with van der Waals surface area (Å²) in [6.45, 7) is 5.75. The van der Waals surface area contributed by atoms with Crippen LogP contribution in [0.2, 0.25) is 0 Å². The van der Waals surface area contributed by atoms with Crippen LogP contribution in [0, 0.1) is 13.8 Å². The molecule has 5 heteroatoms. The van der Waals surface area contributed by atoms with E-state index in [0.29, 0.717) is 13.1 Å². The van der Waals surface area contributed by atoms with Gasteiger partial charge >= 0.3 is 0 Å². The van der Waals surface area contributed by atoms with Crippen molar-refractivity contribution in [3.05, 3.63) is 17.6 Å². The maximum Gasteiger partial charge on any atom is 0.242 e. The van der Waals surface area contributed by atoms with Gasteiger partial charge in [-0.3, -0.25) is 9.69 Å². The Morgan fingerprint density at radius 1 is 1.40 bits per heavy atom. The van der Waals surface area contributed by atoms with Crippen LogP contribution < -0.4 is 10.2 Å². The first-order valence-corrected chi connectivity index (χ1v) is 4.99. The summed E-state index contributed by atoms with van der Waals surface area (Å²) < 4.78 is 0. The van der Waals surface area contributed by atoms with Gasteiger partial charge in [0.05, 0.1) is 6.54 Å². The fourth-order valence-electron chi connectivity index (χ4n) is 1.63. The fourth-order valence-corrected chi connectivity index (χ4v) is 1.63. The van der Waals surface area contributed by atoms with Gasteiger partial charge in [0.1, 0.15) is 12.1 Å². The molecular weight excluding hydrogens is 192 g/mol. The number of carbonyl (C=O) groups is 1. The number of rotatable bonds is 1. The first-order chi connectivity index (χ1) is 7.20. The van der Waals surface area contributed by atoms with Gasteiger partial charge in [0, 0.05) is 24.3 Å². The van der Waals surface area contributed by atoms with Crippen LogP contribution in [0.25, 0.3) is 0 Å². The smallest absolute Gasteiger partial charge is 0.242 e. The zero-order valence-electron chi connectivity index (χ0n) is 8.95. The molecule has 1 aliphatic heterocycles. The van der Waals surface area contributed by atoms with Crippen molar-refractivity contribution in [1.29, 1.82) is 0 Å². The number of aromatic nitrogens is 2. The Bertz CT molecular complexity index is 391. The van der Waals surface area contributed by atoms with Gasteiger partial charge in [-0.2, -0.15) is 0 Å². The molecule has 2 rings (SSSR count). The number of aryl methyl sites for hydroxylation is 1. The molecule has 1 N–H and O–H groups in total. The van der Waals surface area contributed by atoms with Gasteiger partial charge in [0.2, 0.25) is 5.91 Å². The van der Waals surface area contributed by atoms with Crippen molar-refractivity contribution in [2.24, 2.45) is 0 Å². The van der Waals surface area contributed by atoms with Gasteiger partial charge < -0.3 is 5.32 Å². The molecule has 0 spiro atoms. The molecular formula is C10H14N4O. The van der Waals surface area contributed by atoms with Crippen molar-refractivity contribution < 1.29 is 4.79 Å². The van der Waals surface area contributed by atoms with E-state index in [1.165, 1.54) is 6.33 Å². The maximum atomic E-state index is 11.7. The number of piperazine rings is 1. The summed E-state index contributed by atoms with van der Waals surface area (Å²) in [5.41, 5.74) is 1.90. The van der Waals surface area contributed by atoms with E-state index in [1.807, 2.05) is 13.8 Å². The second-order valence-electron chi connectivity index (χ2n) is 3.63. The zero-order valence-corrected chi connectivity index (χ0v) is 8.95. The Kier molecular flexibility index (Phi) is 2.64. The van der Waals surface area contributed by atoms with Crippen LogP contribution in [0.1, 0.15) is 11.3 Å². The van der Waals surface area contributed by atoms with Crippen LogP contribution >= 0.6 is 0 Å². The van der Waals surface area contributed by atoms with Crippen molar-refractivity contribution in [3.8, 4) is 0 Å². The summed E-state index contributed by atoms with van der Waals surface area (Å²) in [5.74, 6) is 0.816. The lowest BCUT2D eigenvalue weighted by Crippen LogP contribution is -2.48. The molecule has 2 heterocycles. The number of carbonyl (C=O) groups excluding carboxylic acids is 1. The first kappa shape index (κ1) is 10.0. The highest BCUT2D eigenvalue weighted by molar-refractivity contribution is 5.95. The summed E-state index contributed by atoms with van der Waals surface area (Å²) in [6.07, 6.45) is 1.51. The molecule has 0 unspecified atom stereocenters. The average molecular weight is 206 g/mol. The molecule has 1 aromatic rings. The molecule has 1 aromatic heterocycles. The molecule has 1 aliphatic rings. The summed E-state index contributed by atoms with van der Waals surface area (Å²) >= 11 is 0. The highest BCUT2D eigenvalue weighted by Gasteiger charge is 2.22. The highest BCUT2D eigenvalue weighted by atomic mass is 16.2. The van der Waals surface area contributed by atoms with Crippen molar-refractivity contribution in [2.75, 3.05) is 24.5 Å². The standard InChI is InChI=1S/C10H14N4O/c1-7-8(2)12-6-13-10(7)14-4-3-11-5-9(14)15/h6,11H,3-5H2,1-2H3. The topological polar surface area (TPSA) is 58.1 Å². The first-order valence-electron chi connectivity index (χ1n) is 4.99. The lowest BCUT2D eigenvalue weighted by Gasteiger charge is -2.27.